The molecule has 2 rings (SSSR count). The van der Waals surface area contributed by atoms with E-state index in [-0.39, 0.29) is 44.1 Å². The Bertz CT molecular complexity index is 584. The van der Waals surface area contributed by atoms with Crippen molar-refractivity contribution in [2.75, 3.05) is 39.3 Å². The fourth-order valence-electron chi connectivity index (χ4n) is 3.11. The number of hydrogen-bond acceptors (Lipinski definition) is 5. The summed E-state index contributed by atoms with van der Waals surface area (Å²) in [4.78, 5) is 16.1. The second-order valence-electron chi connectivity index (χ2n) is 7.29. The molecule has 1 amide bonds. The van der Waals surface area contributed by atoms with E-state index in [1.165, 1.54) is 12.1 Å². The SMILES string of the molecule is CC(C)CN1CC(OCc2cccc(F)c2)CN(CC(O)CO)CC1=O. The van der Waals surface area contributed by atoms with Crippen molar-refractivity contribution in [1.82, 2.24) is 9.80 Å². The number of halogens is 1. The second kappa shape index (κ2) is 9.97. The van der Waals surface area contributed by atoms with Crippen LogP contribution in [0.1, 0.15) is 19.4 Å². The third-order valence-electron chi connectivity index (χ3n) is 4.24. The van der Waals surface area contributed by atoms with Gasteiger partial charge in [0.05, 0.1) is 32.0 Å². The maximum absolute atomic E-state index is 13.3. The Hall–Kier alpha value is -1.54. The molecule has 2 N–H and O–H groups in total. The number of amides is 1. The van der Waals surface area contributed by atoms with Crippen LogP contribution in [0.3, 0.4) is 0 Å². The van der Waals surface area contributed by atoms with Crippen LogP contribution in [-0.4, -0.2) is 77.5 Å². The van der Waals surface area contributed by atoms with Crippen molar-refractivity contribution in [3.8, 4) is 0 Å². The summed E-state index contributed by atoms with van der Waals surface area (Å²) in [5, 5.41) is 18.8. The first-order valence-electron chi connectivity index (χ1n) is 9.02. The molecule has 2 unspecified atom stereocenters. The highest BCUT2D eigenvalue weighted by atomic mass is 19.1. The molecule has 0 bridgehead atoms. The molecule has 26 heavy (non-hydrogen) atoms. The van der Waals surface area contributed by atoms with E-state index in [0.717, 1.165) is 5.56 Å². The zero-order valence-corrected chi connectivity index (χ0v) is 15.5. The molecule has 7 heteroatoms. The van der Waals surface area contributed by atoms with Gasteiger partial charge in [-0.25, -0.2) is 4.39 Å². The quantitative estimate of drug-likeness (QED) is 0.712. The van der Waals surface area contributed by atoms with Gasteiger partial charge in [0.1, 0.15) is 5.82 Å². The van der Waals surface area contributed by atoms with Gasteiger partial charge in [0.15, 0.2) is 0 Å². The van der Waals surface area contributed by atoms with Crippen LogP contribution in [0.5, 0.6) is 0 Å². The van der Waals surface area contributed by atoms with Crippen molar-refractivity contribution in [3.63, 3.8) is 0 Å². The fraction of sp³-hybridized carbons (Fsp3) is 0.632. The third kappa shape index (κ3) is 6.64. The Morgan fingerprint density at radius 2 is 2.08 bits per heavy atom. The lowest BCUT2D eigenvalue weighted by Gasteiger charge is -2.26. The number of benzene rings is 1. The van der Waals surface area contributed by atoms with Gasteiger partial charge in [0, 0.05) is 26.2 Å². The van der Waals surface area contributed by atoms with Gasteiger partial charge >= 0.3 is 0 Å². The molecule has 1 fully saturated rings. The van der Waals surface area contributed by atoms with Crippen molar-refractivity contribution >= 4 is 5.91 Å². The number of β-amino-alcohol motifs (C(OH)–C–C–N with tert-alkyl or cyclic N) is 1. The molecule has 2 atom stereocenters. The lowest BCUT2D eigenvalue weighted by molar-refractivity contribution is -0.132. The van der Waals surface area contributed by atoms with E-state index in [1.54, 1.807) is 21.9 Å². The predicted molar refractivity (Wildman–Crippen MR) is 95.9 cm³/mol. The van der Waals surface area contributed by atoms with Crippen molar-refractivity contribution in [2.24, 2.45) is 5.92 Å². The number of rotatable bonds is 8. The summed E-state index contributed by atoms with van der Waals surface area (Å²) in [7, 11) is 0. The Labute approximate surface area is 154 Å². The molecule has 0 saturated carbocycles. The summed E-state index contributed by atoms with van der Waals surface area (Å²) in [6.07, 6.45) is -1.15. The second-order valence-corrected chi connectivity index (χ2v) is 7.29. The molecule has 1 heterocycles. The molecular formula is C19H29FN2O4. The van der Waals surface area contributed by atoms with Gasteiger partial charge in [-0.3, -0.25) is 9.69 Å². The minimum absolute atomic E-state index is 0.0132. The third-order valence-corrected chi connectivity index (χ3v) is 4.24. The summed E-state index contributed by atoms with van der Waals surface area (Å²) in [6.45, 7) is 5.95. The van der Waals surface area contributed by atoms with Crippen LogP contribution in [0.15, 0.2) is 24.3 Å². The van der Waals surface area contributed by atoms with Gasteiger partial charge < -0.3 is 19.8 Å². The Balaban J connectivity index is 2.05. The van der Waals surface area contributed by atoms with Gasteiger partial charge in [-0.15, -0.1) is 0 Å². The number of nitrogens with zero attached hydrogens (tertiary/aromatic N) is 2. The number of carbonyl (C=O) groups excluding carboxylic acids is 1. The van der Waals surface area contributed by atoms with Crippen LogP contribution < -0.4 is 0 Å². The van der Waals surface area contributed by atoms with Crippen LogP contribution in [0, 0.1) is 11.7 Å². The van der Waals surface area contributed by atoms with Crippen molar-refractivity contribution in [1.29, 1.82) is 0 Å². The standard InChI is InChI=1S/C19H29FN2O4/c1-14(2)7-22-10-18(26-13-15-4-3-5-16(20)6-15)9-21(11-19(22)25)8-17(24)12-23/h3-6,14,17-18,23-24H,7-13H2,1-2H3. The molecular weight excluding hydrogens is 339 g/mol. The van der Waals surface area contributed by atoms with Crippen LogP contribution in [0.2, 0.25) is 0 Å². The lowest BCUT2D eigenvalue weighted by Crippen LogP contribution is -2.41. The number of carbonyl (C=O) groups is 1. The van der Waals surface area contributed by atoms with Crippen LogP contribution in [0.4, 0.5) is 4.39 Å². The average molecular weight is 368 g/mol. The first kappa shape index (κ1) is 20.8. The molecule has 1 aromatic rings. The average Bonchev–Trinajstić information content (AvgIpc) is 2.71. The van der Waals surface area contributed by atoms with E-state index in [0.29, 0.717) is 25.6 Å². The van der Waals surface area contributed by atoms with Crippen molar-refractivity contribution in [3.05, 3.63) is 35.6 Å². The van der Waals surface area contributed by atoms with E-state index in [1.807, 2.05) is 13.8 Å². The fourth-order valence-corrected chi connectivity index (χ4v) is 3.11. The number of hydrogen-bond donors (Lipinski definition) is 2. The Morgan fingerprint density at radius 1 is 1.31 bits per heavy atom. The number of aliphatic hydroxyl groups excluding tert-OH is 2. The number of ether oxygens (including phenoxy) is 1. The molecule has 0 aliphatic carbocycles. The molecule has 146 valence electrons. The minimum atomic E-state index is -0.900. The minimum Gasteiger partial charge on any atom is -0.394 e. The van der Waals surface area contributed by atoms with Gasteiger partial charge in [-0.1, -0.05) is 26.0 Å². The van der Waals surface area contributed by atoms with E-state index >= 15 is 0 Å². The van der Waals surface area contributed by atoms with Gasteiger partial charge in [-0.2, -0.15) is 0 Å². The molecule has 0 radical (unpaired) electrons. The van der Waals surface area contributed by atoms with Gasteiger partial charge in [-0.05, 0) is 23.6 Å². The van der Waals surface area contributed by atoms with Crippen LogP contribution in [0.25, 0.3) is 0 Å². The summed E-state index contributed by atoms with van der Waals surface area (Å²) in [5.41, 5.74) is 0.734. The summed E-state index contributed by atoms with van der Waals surface area (Å²) in [5.74, 6) is 0.00868. The highest BCUT2D eigenvalue weighted by molar-refractivity contribution is 5.78. The Morgan fingerprint density at radius 3 is 2.73 bits per heavy atom. The maximum atomic E-state index is 13.3. The molecule has 6 nitrogen and oxygen atoms in total. The smallest absolute Gasteiger partial charge is 0.236 e. The molecule has 1 aliphatic rings. The molecule has 1 aliphatic heterocycles. The first-order valence-corrected chi connectivity index (χ1v) is 9.02. The van der Waals surface area contributed by atoms with E-state index in [9.17, 15) is 14.3 Å². The lowest BCUT2D eigenvalue weighted by atomic mass is 10.2. The normalized spacial score (nSPS) is 20.5. The number of aliphatic hydroxyl groups is 2. The summed E-state index contributed by atoms with van der Waals surface area (Å²) in [6, 6.07) is 6.25. The zero-order valence-electron chi connectivity index (χ0n) is 15.5. The monoisotopic (exact) mass is 368 g/mol. The van der Waals surface area contributed by atoms with E-state index < -0.39 is 6.10 Å². The Kier molecular flexibility index (Phi) is 7.96. The summed E-state index contributed by atoms with van der Waals surface area (Å²) >= 11 is 0. The van der Waals surface area contributed by atoms with Crippen molar-refractivity contribution < 1.29 is 24.1 Å². The molecule has 0 spiro atoms. The highest BCUT2D eigenvalue weighted by Crippen LogP contribution is 2.14. The van der Waals surface area contributed by atoms with Gasteiger partial charge in [0.25, 0.3) is 0 Å². The van der Waals surface area contributed by atoms with Crippen molar-refractivity contribution in [2.45, 2.75) is 32.7 Å². The zero-order chi connectivity index (χ0) is 19.1. The molecule has 1 saturated heterocycles. The highest BCUT2D eigenvalue weighted by Gasteiger charge is 2.29. The first-order chi connectivity index (χ1) is 12.4. The predicted octanol–water partition coefficient (Wildman–Crippen LogP) is 0.864. The maximum Gasteiger partial charge on any atom is 0.236 e. The van der Waals surface area contributed by atoms with Crippen LogP contribution >= 0.6 is 0 Å². The topological polar surface area (TPSA) is 73.2 Å². The van der Waals surface area contributed by atoms with E-state index in [2.05, 4.69) is 0 Å². The van der Waals surface area contributed by atoms with Crippen LogP contribution in [-0.2, 0) is 16.1 Å². The molecule has 0 aromatic heterocycles. The molecule has 1 aromatic carbocycles. The van der Waals surface area contributed by atoms with E-state index in [4.69, 9.17) is 9.84 Å². The summed E-state index contributed by atoms with van der Waals surface area (Å²) < 4.78 is 19.3. The largest absolute Gasteiger partial charge is 0.394 e. The van der Waals surface area contributed by atoms with Gasteiger partial charge in [0.2, 0.25) is 5.91 Å².